The highest BCUT2D eigenvalue weighted by Gasteiger charge is 2.33. The first kappa shape index (κ1) is 11.3. The van der Waals surface area contributed by atoms with Crippen LogP contribution in [0.5, 0.6) is 0 Å². The minimum absolute atomic E-state index is 0.405. The number of alkyl halides is 3. The molecule has 1 N–H and O–H groups in total. The van der Waals surface area contributed by atoms with E-state index in [9.17, 15) is 4.79 Å². The number of carbonyl (C=O) groups excluding carboxylic acids is 1. The second-order valence-corrected chi connectivity index (χ2v) is 6.00. The molecular formula is C10H10Cl3NO. The molecule has 0 saturated heterocycles. The average Bonchev–Trinajstić information content (AvgIpc) is 2.58. The largest absolute Gasteiger partial charge is 0.356 e. The number of rotatable bonds is 1. The molecule has 0 saturated carbocycles. The van der Waals surface area contributed by atoms with Crippen molar-refractivity contribution in [2.75, 3.05) is 0 Å². The van der Waals surface area contributed by atoms with Crippen LogP contribution in [-0.2, 0) is 12.8 Å². The van der Waals surface area contributed by atoms with Gasteiger partial charge in [0, 0.05) is 5.69 Å². The Bertz CT molecular complexity index is 368. The predicted octanol–water partition coefficient (Wildman–Crippen LogP) is 3.45. The van der Waals surface area contributed by atoms with Gasteiger partial charge in [0.2, 0.25) is 5.78 Å². The number of aryl methyl sites for hydroxylation is 2. The number of halogens is 3. The summed E-state index contributed by atoms with van der Waals surface area (Å²) in [6, 6.07) is 1.80. The Kier molecular flexibility index (Phi) is 3.02. The molecule has 0 spiro atoms. The van der Waals surface area contributed by atoms with Crippen molar-refractivity contribution in [3.8, 4) is 0 Å². The summed E-state index contributed by atoms with van der Waals surface area (Å²) in [5.74, 6) is -0.484. The summed E-state index contributed by atoms with van der Waals surface area (Å²) in [6.45, 7) is 0. The Morgan fingerprint density at radius 1 is 1.27 bits per heavy atom. The van der Waals surface area contributed by atoms with Crippen molar-refractivity contribution in [2.45, 2.75) is 29.5 Å². The van der Waals surface area contributed by atoms with Gasteiger partial charge in [0.15, 0.2) is 0 Å². The molecule has 0 bridgehead atoms. The second-order valence-electron chi connectivity index (χ2n) is 3.72. The highest BCUT2D eigenvalue weighted by atomic mass is 35.6. The van der Waals surface area contributed by atoms with Crippen LogP contribution in [0, 0.1) is 0 Å². The Labute approximate surface area is 103 Å². The standard InChI is InChI=1S/C10H10Cl3NO/c11-10(12,13)9(15)8-5-6-3-1-2-4-7(6)14-8/h5,14H,1-4H2. The molecule has 0 aliphatic heterocycles. The maximum atomic E-state index is 11.7. The van der Waals surface area contributed by atoms with Crippen molar-refractivity contribution < 1.29 is 4.79 Å². The van der Waals surface area contributed by atoms with Crippen LogP contribution in [0.3, 0.4) is 0 Å². The van der Waals surface area contributed by atoms with Gasteiger partial charge < -0.3 is 4.98 Å². The van der Waals surface area contributed by atoms with Gasteiger partial charge in [-0.3, -0.25) is 4.79 Å². The first-order valence-corrected chi connectivity index (χ1v) is 5.94. The van der Waals surface area contributed by atoms with Crippen LogP contribution in [0.4, 0.5) is 0 Å². The SMILES string of the molecule is O=C(c1cc2c([nH]1)CCCC2)C(Cl)(Cl)Cl. The number of Topliss-reactive ketones (excluding diaryl/α,β-unsaturated/α-hetero) is 1. The summed E-state index contributed by atoms with van der Waals surface area (Å²) in [5.41, 5.74) is 2.69. The number of aromatic amines is 1. The number of fused-ring (bicyclic) bond motifs is 1. The third-order valence-electron chi connectivity index (χ3n) is 2.62. The van der Waals surface area contributed by atoms with Gasteiger partial charge in [-0.1, -0.05) is 34.8 Å². The van der Waals surface area contributed by atoms with E-state index >= 15 is 0 Å². The van der Waals surface area contributed by atoms with E-state index in [4.69, 9.17) is 34.8 Å². The lowest BCUT2D eigenvalue weighted by molar-refractivity contribution is 0.0992. The number of nitrogens with one attached hydrogen (secondary N) is 1. The third kappa shape index (κ3) is 2.32. The molecule has 1 aliphatic rings. The molecule has 0 aromatic carbocycles. The Hall–Kier alpha value is -0.180. The Morgan fingerprint density at radius 2 is 1.93 bits per heavy atom. The molecule has 0 atom stereocenters. The minimum atomic E-state index is -1.87. The zero-order chi connectivity index (χ0) is 11.1. The summed E-state index contributed by atoms with van der Waals surface area (Å²) in [5, 5.41) is 0. The van der Waals surface area contributed by atoms with E-state index in [0.29, 0.717) is 5.69 Å². The lowest BCUT2D eigenvalue weighted by atomic mass is 9.98. The van der Waals surface area contributed by atoms with Crippen LogP contribution in [0.1, 0.15) is 34.6 Å². The lowest BCUT2D eigenvalue weighted by Crippen LogP contribution is -2.19. The average molecular weight is 267 g/mol. The van der Waals surface area contributed by atoms with Gasteiger partial charge in [-0.25, -0.2) is 0 Å². The number of aromatic nitrogens is 1. The van der Waals surface area contributed by atoms with Crippen molar-refractivity contribution in [1.82, 2.24) is 4.98 Å². The summed E-state index contributed by atoms with van der Waals surface area (Å²) in [6.07, 6.45) is 4.28. The molecule has 0 unspecified atom stereocenters. The summed E-state index contributed by atoms with van der Waals surface area (Å²) >= 11 is 16.6. The molecule has 1 heterocycles. The quantitative estimate of drug-likeness (QED) is 0.613. The van der Waals surface area contributed by atoms with E-state index < -0.39 is 9.58 Å². The van der Waals surface area contributed by atoms with Gasteiger partial charge in [-0.2, -0.15) is 0 Å². The van der Waals surface area contributed by atoms with Crippen LogP contribution >= 0.6 is 34.8 Å². The first-order valence-electron chi connectivity index (χ1n) is 4.81. The van der Waals surface area contributed by atoms with Gasteiger partial charge in [-0.05, 0) is 37.3 Å². The molecule has 1 aliphatic carbocycles. The second kappa shape index (κ2) is 4.00. The number of hydrogen-bond acceptors (Lipinski definition) is 1. The smallest absolute Gasteiger partial charge is 0.254 e. The van der Waals surface area contributed by atoms with Gasteiger partial charge in [0.1, 0.15) is 0 Å². The van der Waals surface area contributed by atoms with Crippen molar-refractivity contribution in [3.05, 3.63) is 23.0 Å². The molecule has 0 radical (unpaired) electrons. The molecule has 82 valence electrons. The van der Waals surface area contributed by atoms with Crippen LogP contribution in [-0.4, -0.2) is 14.6 Å². The molecule has 0 fully saturated rings. The molecule has 1 aromatic rings. The van der Waals surface area contributed by atoms with E-state index in [0.717, 1.165) is 31.4 Å². The van der Waals surface area contributed by atoms with Gasteiger partial charge >= 0.3 is 0 Å². The predicted molar refractivity (Wildman–Crippen MR) is 62.1 cm³/mol. The van der Waals surface area contributed by atoms with E-state index in [2.05, 4.69) is 4.98 Å². The topological polar surface area (TPSA) is 32.9 Å². The molecule has 2 rings (SSSR count). The Morgan fingerprint density at radius 3 is 2.53 bits per heavy atom. The highest BCUT2D eigenvalue weighted by molar-refractivity contribution is 6.77. The van der Waals surface area contributed by atoms with E-state index in [-0.39, 0.29) is 0 Å². The molecule has 5 heteroatoms. The molecule has 1 aromatic heterocycles. The summed E-state index contributed by atoms with van der Waals surface area (Å²) in [4.78, 5) is 14.7. The number of H-pyrrole nitrogens is 1. The monoisotopic (exact) mass is 265 g/mol. The van der Waals surface area contributed by atoms with E-state index in [1.165, 1.54) is 5.56 Å². The van der Waals surface area contributed by atoms with Crippen molar-refractivity contribution in [2.24, 2.45) is 0 Å². The van der Waals surface area contributed by atoms with Crippen molar-refractivity contribution >= 4 is 40.6 Å². The van der Waals surface area contributed by atoms with Crippen LogP contribution in [0.25, 0.3) is 0 Å². The Balaban J connectivity index is 2.30. The molecule has 15 heavy (non-hydrogen) atoms. The van der Waals surface area contributed by atoms with Gasteiger partial charge in [0.05, 0.1) is 5.69 Å². The van der Waals surface area contributed by atoms with E-state index in [1.54, 1.807) is 6.07 Å². The van der Waals surface area contributed by atoms with Crippen LogP contribution in [0.2, 0.25) is 0 Å². The highest BCUT2D eigenvalue weighted by Crippen LogP contribution is 2.31. The molecule has 0 amide bonds. The van der Waals surface area contributed by atoms with Crippen molar-refractivity contribution in [3.63, 3.8) is 0 Å². The molecule has 2 nitrogen and oxygen atoms in total. The van der Waals surface area contributed by atoms with Gasteiger partial charge in [-0.15, -0.1) is 0 Å². The first-order chi connectivity index (χ1) is 6.98. The number of carbonyl (C=O) groups is 1. The summed E-state index contributed by atoms with van der Waals surface area (Å²) in [7, 11) is 0. The van der Waals surface area contributed by atoms with Crippen molar-refractivity contribution in [1.29, 1.82) is 0 Å². The van der Waals surface area contributed by atoms with Crippen LogP contribution in [0.15, 0.2) is 6.07 Å². The van der Waals surface area contributed by atoms with Gasteiger partial charge in [0.25, 0.3) is 3.79 Å². The van der Waals surface area contributed by atoms with Crippen LogP contribution < -0.4 is 0 Å². The fraction of sp³-hybridized carbons (Fsp3) is 0.500. The third-order valence-corrected chi connectivity index (χ3v) is 3.13. The number of hydrogen-bond donors (Lipinski definition) is 1. The fourth-order valence-electron chi connectivity index (χ4n) is 1.88. The van der Waals surface area contributed by atoms with E-state index in [1.807, 2.05) is 0 Å². The zero-order valence-corrected chi connectivity index (χ0v) is 10.2. The maximum absolute atomic E-state index is 11.7. The molecular weight excluding hydrogens is 256 g/mol. The zero-order valence-electron chi connectivity index (χ0n) is 7.95. The summed E-state index contributed by atoms with van der Waals surface area (Å²) < 4.78 is -1.87. The normalized spacial score (nSPS) is 16.2. The number of ketones is 1. The fourth-order valence-corrected chi connectivity index (χ4v) is 2.18. The maximum Gasteiger partial charge on any atom is 0.254 e. The lowest BCUT2D eigenvalue weighted by Gasteiger charge is -2.09. The minimum Gasteiger partial charge on any atom is -0.356 e.